The van der Waals surface area contributed by atoms with E-state index in [0.29, 0.717) is 5.91 Å². The van der Waals surface area contributed by atoms with Crippen LogP contribution in [0.25, 0.3) is 0 Å². The molecule has 0 aromatic carbocycles. The molecule has 1 fully saturated rings. The molecule has 82 valence electrons. The largest absolute Gasteiger partial charge is 0.340 e. The van der Waals surface area contributed by atoms with E-state index in [9.17, 15) is 4.79 Å². The quantitative estimate of drug-likeness (QED) is 0.677. The highest BCUT2D eigenvalue weighted by Gasteiger charge is 2.25. The summed E-state index contributed by atoms with van der Waals surface area (Å²) < 4.78 is 0. The van der Waals surface area contributed by atoms with Gasteiger partial charge in [-0.15, -0.1) is 0 Å². The molecule has 3 heteroatoms. The zero-order valence-electron chi connectivity index (χ0n) is 9.38. The Kier molecular flexibility index (Phi) is 4.94. The number of unbranched alkanes of at least 4 members (excludes halogenated alkanes) is 2. The van der Waals surface area contributed by atoms with Gasteiger partial charge in [-0.1, -0.05) is 26.7 Å². The van der Waals surface area contributed by atoms with E-state index in [2.05, 4.69) is 19.2 Å². The van der Waals surface area contributed by atoms with Gasteiger partial charge in [0, 0.05) is 19.6 Å². The van der Waals surface area contributed by atoms with Crippen LogP contribution < -0.4 is 5.32 Å². The molecule has 1 rings (SSSR count). The van der Waals surface area contributed by atoms with E-state index in [1.165, 1.54) is 12.8 Å². The minimum Gasteiger partial charge on any atom is -0.340 e. The molecule has 0 bridgehead atoms. The van der Waals surface area contributed by atoms with Crippen molar-refractivity contribution in [3.8, 4) is 0 Å². The van der Waals surface area contributed by atoms with E-state index in [-0.39, 0.29) is 6.04 Å². The van der Waals surface area contributed by atoms with Crippen molar-refractivity contribution in [3.63, 3.8) is 0 Å². The normalized spacial score (nSPS) is 22.9. The highest BCUT2D eigenvalue weighted by atomic mass is 16.2. The summed E-state index contributed by atoms with van der Waals surface area (Å²) in [5, 5.41) is 3.25. The maximum Gasteiger partial charge on any atom is 0.239 e. The predicted molar refractivity (Wildman–Crippen MR) is 58.2 cm³/mol. The lowest BCUT2D eigenvalue weighted by Gasteiger charge is -2.32. The highest BCUT2D eigenvalue weighted by Crippen LogP contribution is 2.06. The summed E-state index contributed by atoms with van der Waals surface area (Å²) in [6.07, 6.45) is 4.51. The number of carbonyl (C=O) groups is 1. The summed E-state index contributed by atoms with van der Waals surface area (Å²) in [5.74, 6) is 0.301. The SMILES string of the molecule is CCCCCN1CCNC(CC)C1=O. The molecule has 1 saturated heterocycles. The van der Waals surface area contributed by atoms with Crippen molar-refractivity contribution < 1.29 is 4.79 Å². The van der Waals surface area contributed by atoms with Gasteiger partial charge in [0.15, 0.2) is 0 Å². The van der Waals surface area contributed by atoms with Crippen molar-refractivity contribution >= 4 is 5.91 Å². The van der Waals surface area contributed by atoms with Crippen LogP contribution >= 0.6 is 0 Å². The summed E-state index contributed by atoms with van der Waals surface area (Å²) >= 11 is 0. The summed E-state index contributed by atoms with van der Waals surface area (Å²) in [4.78, 5) is 13.8. The minimum atomic E-state index is 0.0744. The first-order valence-corrected chi connectivity index (χ1v) is 5.81. The van der Waals surface area contributed by atoms with Crippen LogP contribution in [-0.2, 0) is 4.79 Å². The topological polar surface area (TPSA) is 32.3 Å². The fourth-order valence-corrected chi connectivity index (χ4v) is 1.89. The van der Waals surface area contributed by atoms with Crippen LogP contribution in [-0.4, -0.2) is 36.5 Å². The third kappa shape index (κ3) is 2.98. The predicted octanol–water partition coefficient (Wildman–Crippen LogP) is 1.39. The van der Waals surface area contributed by atoms with Crippen LogP contribution in [0.5, 0.6) is 0 Å². The lowest BCUT2D eigenvalue weighted by atomic mass is 10.1. The smallest absolute Gasteiger partial charge is 0.239 e. The second kappa shape index (κ2) is 6.02. The van der Waals surface area contributed by atoms with Gasteiger partial charge in [0.1, 0.15) is 0 Å². The molecule has 0 aromatic heterocycles. The van der Waals surface area contributed by atoms with Crippen LogP contribution in [0, 0.1) is 0 Å². The van der Waals surface area contributed by atoms with Crippen LogP contribution in [0.4, 0.5) is 0 Å². The average Bonchev–Trinajstić information content (AvgIpc) is 2.21. The van der Waals surface area contributed by atoms with Gasteiger partial charge in [0.05, 0.1) is 6.04 Å². The molecule has 0 spiro atoms. The van der Waals surface area contributed by atoms with E-state index in [1.54, 1.807) is 0 Å². The van der Waals surface area contributed by atoms with Crippen LogP contribution in [0.15, 0.2) is 0 Å². The molecule has 0 aliphatic carbocycles. The molecule has 1 aliphatic heterocycles. The zero-order chi connectivity index (χ0) is 10.4. The van der Waals surface area contributed by atoms with Gasteiger partial charge in [0.25, 0.3) is 0 Å². The summed E-state index contributed by atoms with van der Waals surface area (Å²) in [7, 11) is 0. The van der Waals surface area contributed by atoms with Crippen molar-refractivity contribution in [2.45, 2.75) is 45.6 Å². The van der Waals surface area contributed by atoms with Gasteiger partial charge < -0.3 is 10.2 Å². The Morgan fingerprint density at radius 3 is 2.86 bits per heavy atom. The van der Waals surface area contributed by atoms with Crippen molar-refractivity contribution in [3.05, 3.63) is 0 Å². The number of nitrogens with zero attached hydrogens (tertiary/aromatic N) is 1. The summed E-state index contributed by atoms with van der Waals surface area (Å²) in [5.41, 5.74) is 0. The Morgan fingerprint density at radius 2 is 2.21 bits per heavy atom. The number of piperazine rings is 1. The lowest BCUT2D eigenvalue weighted by molar-refractivity contribution is -0.135. The van der Waals surface area contributed by atoms with E-state index >= 15 is 0 Å². The molecule has 0 saturated carbocycles. The lowest BCUT2D eigenvalue weighted by Crippen LogP contribution is -2.54. The van der Waals surface area contributed by atoms with Gasteiger partial charge in [-0.05, 0) is 12.8 Å². The second-order valence-electron chi connectivity index (χ2n) is 3.95. The van der Waals surface area contributed by atoms with Gasteiger partial charge >= 0.3 is 0 Å². The molecule has 1 heterocycles. The molecule has 14 heavy (non-hydrogen) atoms. The first-order chi connectivity index (χ1) is 6.79. The number of hydrogen-bond donors (Lipinski definition) is 1. The van der Waals surface area contributed by atoms with E-state index in [4.69, 9.17) is 0 Å². The molecule has 1 N–H and O–H groups in total. The van der Waals surface area contributed by atoms with Crippen molar-refractivity contribution in [1.82, 2.24) is 10.2 Å². The Morgan fingerprint density at radius 1 is 1.43 bits per heavy atom. The summed E-state index contributed by atoms with van der Waals surface area (Å²) in [6.45, 7) is 7.04. The molecule has 1 amide bonds. The molecule has 1 atom stereocenters. The Balaban J connectivity index is 2.32. The standard InChI is InChI=1S/C11H22N2O/c1-3-5-6-8-13-9-7-12-10(4-2)11(13)14/h10,12H,3-9H2,1-2H3. The minimum absolute atomic E-state index is 0.0744. The van der Waals surface area contributed by atoms with Crippen LogP contribution in [0.3, 0.4) is 0 Å². The van der Waals surface area contributed by atoms with Gasteiger partial charge in [-0.25, -0.2) is 0 Å². The molecular weight excluding hydrogens is 176 g/mol. The summed E-state index contributed by atoms with van der Waals surface area (Å²) in [6, 6.07) is 0.0744. The number of rotatable bonds is 5. The Labute approximate surface area is 86.9 Å². The highest BCUT2D eigenvalue weighted by molar-refractivity contribution is 5.82. The van der Waals surface area contributed by atoms with Gasteiger partial charge in [0.2, 0.25) is 5.91 Å². The molecular formula is C11H22N2O. The van der Waals surface area contributed by atoms with E-state index < -0.39 is 0 Å². The molecule has 0 aromatic rings. The maximum atomic E-state index is 11.8. The van der Waals surface area contributed by atoms with Gasteiger partial charge in [-0.2, -0.15) is 0 Å². The fraction of sp³-hybridized carbons (Fsp3) is 0.909. The number of hydrogen-bond acceptors (Lipinski definition) is 2. The van der Waals surface area contributed by atoms with Gasteiger partial charge in [-0.3, -0.25) is 4.79 Å². The monoisotopic (exact) mass is 198 g/mol. The third-order valence-electron chi connectivity index (χ3n) is 2.82. The fourth-order valence-electron chi connectivity index (χ4n) is 1.89. The van der Waals surface area contributed by atoms with E-state index in [1.807, 2.05) is 4.90 Å². The second-order valence-corrected chi connectivity index (χ2v) is 3.95. The Bertz CT molecular complexity index is 182. The first kappa shape index (κ1) is 11.5. The zero-order valence-corrected chi connectivity index (χ0v) is 9.38. The molecule has 1 unspecified atom stereocenters. The number of amides is 1. The molecule has 1 aliphatic rings. The third-order valence-corrected chi connectivity index (χ3v) is 2.82. The van der Waals surface area contributed by atoms with Crippen LogP contribution in [0.2, 0.25) is 0 Å². The number of nitrogens with one attached hydrogen (secondary N) is 1. The van der Waals surface area contributed by atoms with Crippen molar-refractivity contribution in [2.75, 3.05) is 19.6 Å². The Hall–Kier alpha value is -0.570. The first-order valence-electron chi connectivity index (χ1n) is 5.81. The van der Waals surface area contributed by atoms with Crippen LogP contribution in [0.1, 0.15) is 39.5 Å². The molecule has 3 nitrogen and oxygen atoms in total. The molecule has 0 radical (unpaired) electrons. The average molecular weight is 198 g/mol. The maximum absolute atomic E-state index is 11.8. The van der Waals surface area contributed by atoms with E-state index in [0.717, 1.165) is 32.5 Å². The number of carbonyl (C=O) groups excluding carboxylic acids is 1. The van der Waals surface area contributed by atoms with Crippen molar-refractivity contribution in [1.29, 1.82) is 0 Å². The van der Waals surface area contributed by atoms with Crippen molar-refractivity contribution in [2.24, 2.45) is 0 Å².